The molecule has 0 heterocycles. The van der Waals surface area contributed by atoms with Crippen molar-refractivity contribution in [3.8, 4) is 0 Å². The molecule has 0 rings (SSSR count). The van der Waals surface area contributed by atoms with Crippen LogP contribution in [-0.4, -0.2) is 14.7 Å². The van der Waals surface area contributed by atoms with E-state index in [0.29, 0.717) is 0 Å². The van der Waals surface area contributed by atoms with Gasteiger partial charge in [0.25, 0.3) is 7.66 Å². The zero-order valence-electron chi connectivity index (χ0n) is 3.08. The lowest BCUT2D eigenvalue weighted by Crippen LogP contribution is -1.77. The Labute approximate surface area is 37.2 Å². The number of rotatable bonds is 1. The number of hydrogen-bond donors (Lipinski definition) is 0. The Hall–Kier alpha value is 0.0500. The monoisotopic (exact) mass is 126 g/mol. The van der Waals surface area contributed by atoms with Crippen LogP contribution in [0.25, 0.3) is 0 Å². The molecule has 3 nitrogen and oxygen atoms in total. The van der Waals surface area contributed by atoms with Crippen LogP contribution in [0.1, 0.15) is 0 Å². The Balaban J connectivity index is 4.25. The molecule has 36 valence electrons. The molecule has 0 aliphatic heterocycles. The highest BCUT2D eigenvalue weighted by atomic mass is 32.7. The minimum absolute atomic E-state index is 0.803. The fraction of sp³-hybridized carbons (Fsp3) is 1.00. The fourth-order valence-corrected chi connectivity index (χ4v) is 0. The topological polar surface area (TPSA) is 51.2 Å². The van der Waals surface area contributed by atoms with Crippen LogP contribution in [0.15, 0.2) is 0 Å². The van der Waals surface area contributed by atoms with Crippen molar-refractivity contribution in [3.05, 3.63) is 0 Å². The Bertz CT molecular complexity index is 121. The molecule has 0 spiro atoms. The zero-order valence-corrected chi connectivity index (χ0v) is 4.79. The van der Waals surface area contributed by atoms with Crippen LogP contribution in [0.2, 0.25) is 0 Å². The normalized spacial score (nSPS) is 12.2. The lowest BCUT2D eigenvalue weighted by Gasteiger charge is -1.67. The summed E-state index contributed by atoms with van der Waals surface area (Å²) in [4.78, 5) is 0. The van der Waals surface area contributed by atoms with Crippen molar-refractivity contribution in [1.82, 2.24) is 0 Å². The lowest BCUT2D eigenvalue weighted by atomic mass is 12.0. The van der Waals surface area contributed by atoms with Gasteiger partial charge < -0.3 is 0 Å². The molecule has 0 aliphatic rings. The molecule has 0 saturated carbocycles. The predicted octanol–water partition coefficient (Wildman–Crippen LogP) is 0.238. The van der Waals surface area contributed by atoms with Gasteiger partial charge in [-0.15, -0.1) is 0 Å². The summed E-state index contributed by atoms with van der Waals surface area (Å²) >= 11 is 0. The van der Waals surface area contributed by atoms with E-state index in [1.165, 1.54) is 0 Å². The average Bonchev–Trinajstić information content (AvgIpc) is 1.35. The van der Waals surface area contributed by atoms with Gasteiger partial charge >= 0.3 is 0 Å². The Morgan fingerprint density at radius 3 is 1.67 bits per heavy atom. The highest BCUT2D eigenvalue weighted by Crippen LogP contribution is 2.00. The van der Waals surface area contributed by atoms with Crippen molar-refractivity contribution in [3.63, 3.8) is 0 Å². The van der Waals surface area contributed by atoms with Gasteiger partial charge in [0.15, 0.2) is 0 Å². The second kappa shape index (κ2) is 1.67. The summed E-state index contributed by atoms with van der Waals surface area (Å²) in [5, 5.41) is 0. The molecule has 0 bridgehead atoms. The van der Waals surface area contributed by atoms with Crippen molar-refractivity contribution >= 4 is 17.1 Å². The molecule has 0 fully saturated rings. The predicted molar refractivity (Wildman–Crippen MR) is 22.5 cm³/mol. The quantitative estimate of drug-likeness (QED) is 0.473. The van der Waals surface area contributed by atoms with Crippen LogP contribution in [0.5, 0.6) is 0 Å². The number of hydrogen-bond acceptors (Lipinski definition) is 3. The Kier molecular flexibility index (Phi) is 1.68. The van der Waals surface area contributed by atoms with E-state index in [-0.39, 0.29) is 0 Å². The van der Waals surface area contributed by atoms with Crippen LogP contribution < -0.4 is 0 Å². The van der Waals surface area contributed by atoms with Crippen LogP contribution in [0, 0.1) is 0 Å². The van der Waals surface area contributed by atoms with Gasteiger partial charge in [-0.05, 0) is 0 Å². The first kappa shape index (κ1) is 6.05. The first-order valence-corrected chi connectivity index (χ1v) is 4.42. The van der Waals surface area contributed by atoms with Crippen molar-refractivity contribution in [2.24, 2.45) is 0 Å². The standard InChI is InChI=1S/CH3O3PS/c1-6(3,4)5-2/h1H3. The summed E-state index contributed by atoms with van der Waals surface area (Å²) < 4.78 is 28.7. The van der Waals surface area contributed by atoms with Gasteiger partial charge in [-0.2, -0.15) is 0 Å². The van der Waals surface area contributed by atoms with Crippen molar-refractivity contribution in [2.75, 3.05) is 6.26 Å². The molecule has 0 aromatic carbocycles. The molecule has 6 heavy (non-hydrogen) atoms. The molecule has 0 radical (unpaired) electrons. The molecule has 0 aromatic rings. The lowest BCUT2D eigenvalue weighted by molar-refractivity contribution is 0.591. The van der Waals surface area contributed by atoms with Crippen LogP contribution in [0.3, 0.4) is 0 Å². The maximum Gasteiger partial charge on any atom is 0.289 e. The van der Waals surface area contributed by atoms with Gasteiger partial charge in [0, 0.05) is 0 Å². The molecule has 0 atom stereocenters. The highest BCUT2D eigenvalue weighted by Gasteiger charge is 1.93. The molecule has 5 heteroatoms. The van der Waals surface area contributed by atoms with E-state index in [9.17, 15) is 13.0 Å². The third-order valence-corrected chi connectivity index (χ3v) is 1.22. The van der Waals surface area contributed by atoms with Gasteiger partial charge in [0.1, 0.15) is 0 Å². The van der Waals surface area contributed by atoms with Gasteiger partial charge in [0.05, 0.1) is 6.26 Å². The Morgan fingerprint density at radius 1 is 1.50 bits per heavy atom. The molecular weight excluding hydrogens is 123 g/mol. The molecule has 0 aromatic heterocycles. The SMILES string of the molecule is CS(=O)(=O)P=O. The van der Waals surface area contributed by atoms with Crippen molar-refractivity contribution in [1.29, 1.82) is 0 Å². The molecule has 0 aliphatic carbocycles. The molecule has 0 amide bonds. The van der Waals surface area contributed by atoms with E-state index >= 15 is 0 Å². The summed E-state index contributed by atoms with van der Waals surface area (Å²) in [5.41, 5.74) is 0. The minimum Gasteiger partial charge on any atom is -0.257 e. The van der Waals surface area contributed by atoms with E-state index in [4.69, 9.17) is 0 Å². The fourth-order valence-electron chi connectivity index (χ4n) is 0. The average molecular weight is 126 g/mol. The van der Waals surface area contributed by atoms with Crippen LogP contribution in [0.4, 0.5) is 0 Å². The molecular formula is CH3O3PS. The van der Waals surface area contributed by atoms with E-state index < -0.39 is 17.1 Å². The largest absolute Gasteiger partial charge is 0.289 e. The van der Waals surface area contributed by atoms with E-state index in [1.54, 1.807) is 0 Å². The van der Waals surface area contributed by atoms with E-state index in [1.807, 2.05) is 0 Å². The first-order chi connectivity index (χ1) is 2.56. The van der Waals surface area contributed by atoms with Crippen LogP contribution in [-0.2, 0) is 14.0 Å². The highest BCUT2D eigenvalue weighted by molar-refractivity contribution is 8.39. The van der Waals surface area contributed by atoms with Crippen LogP contribution >= 0.6 is 7.66 Å². The zero-order chi connectivity index (χ0) is 5.21. The first-order valence-electron chi connectivity index (χ1n) is 1.11. The maximum atomic E-state index is 9.68. The summed E-state index contributed by atoms with van der Waals surface area (Å²) in [6.07, 6.45) is 0.890. The summed E-state index contributed by atoms with van der Waals surface area (Å²) in [6.45, 7) is 0. The molecule has 0 N–H and O–H groups in total. The van der Waals surface area contributed by atoms with Gasteiger partial charge in [-0.25, -0.2) is 8.42 Å². The summed E-state index contributed by atoms with van der Waals surface area (Å²) in [5.74, 6) is 0. The second-order valence-corrected chi connectivity index (χ2v) is 4.86. The second-order valence-electron chi connectivity index (χ2n) is 0.808. The minimum atomic E-state index is -3.25. The van der Waals surface area contributed by atoms with E-state index in [0.717, 1.165) is 6.26 Å². The van der Waals surface area contributed by atoms with Crippen molar-refractivity contribution in [2.45, 2.75) is 0 Å². The van der Waals surface area contributed by atoms with Gasteiger partial charge in [-0.1, -0.05) is 0 Å². The van der Waals surface area contributed by atoms with Crippen molar-refractivity contribution < 1.29 is 13.0 Å². The van der Waals surface area contributed by atoms with Gasteiger partial charge in [0.2, 0.25) is 9.46 Å². The van der Waals surface area contributed by atoms with E-state index in [2.05, 4.69) is 0 Å². The third kappa shape index (κ3) is 4.05. The van der Waals surface area contributed by atoms with Gasteiger partial charge in [-0.3, -0.25) is 4.57 Å². The summed E-state index contributed by atoms with van der Waals surface area (Å²) in [6, 6.07) is 0. The maximum absolute atomic E-state index is 9.68. The third-order valence-electron chi connectivity index (χ3n) is 0.135. The molecule has 0 unspecified atom stereocenters. The summed E-state index contributed by atoms with van der Waals surface area (Å²) in [7, 11) is -4.05. The Morgan fingerprint density at radius 2 is 1.67 bits per heavy atom. The smallest absolute Gasteiger partial charge is 0.257 e. The molecule has 0 saturated heterocycles.